The molecule has 5 heteroatoms. The Morgan fingerprint density at radius 3 is 3.08 bits per heavy atom. The van der Waals surface area contributed by atoms with Crippen LogP contribution in [0, 0.1) is 0 Å². The molecular formula is C7H14N4O. The van der Waals surface area contributed by atoms with Crippen molar-refractivity contribution in [3.05, 3.63) is 12.2 Å². The molecule has 0 aliphatic carbocycles. The van der Waals surface area contributed by atoms with E-state index < -0.39 is 6.10 Å². The molecule has 5 nitrogen and oxygen atoms in total. The van der Waals surface area contributed by atoms with Gasteiger partial charge >= 0.3 is 0 Å². The van der Waals surface area contributed by atoms with Gasteiger partial charge in [0.05, 0.1) is 0 Å². The zero-order valence-electron chi connectivity index (χ0n) is 7.14. The monoisotopic (exact) mass is 170 g/mol. The second kappa shape index (κ2) is 4.18. The molecule has 0 bridgehead atoms. The SMILES string of the molecule is CC(O)c1nncn1CCCN. The van der Waals surface area contributed by atoms with Gasteiger partial charge in [-0.15, -0.1) is 10.2 Å². The van der Waals surface area contributed by atoms with Gasteiger partial charge in [-0.25, -0.2) is 0 Å². The van der Waals surface area contributed by atoms with Crippen LogP contribution in [-0.4, -0.2) is 26.4 Å². The van der Waals surface area contributed by atoms with E-state index in [9.17, 15) is 5.11 Å². The lowest BCUT2D eigenvalue weighted by Gasteiger charge is -2.06. The van der Waals surface area contributed by atoms with E-state index in [1.165, 1.54) is 0 Å². The van der Waals surface area contributed by atoms with Crippen molar-refractivity contribution in [1.82, 2.24) is 14.8 Å². The van der Waals surface area contributed by atoms with E-state index in [0.29, 0.717) is 12.4 Å². The van der Waals surface area contributed by atoms with Crippen molar-refractivity contribution in [3.8, 4) is 0 Å². The van der Waals surface area contributed by atoms with Gasteiger partial charge in [-0.05, 0) is 19.9 Å². The van der Waals surface area contributed by atoms with Crippen molar-refractivity contribution in [1.29, 1.82) is 0 Å². The Labute approximate surface area is 71.2 Å². The number of rotatable bonds is 4. The van der Waals surface area contributed by atoms with Gasteiger partial charge in [0.25, 0.3) is 0 Å². The molecular weight excluding hydrogens is 156 g/mol. The quantitative estimate of drug-likeness (QED) is 0.649. The Morgan fingerprint density at radius 2 is 2.50 bits per heavy atom. The first-order chi connectivity index (χ1) is 5.75. The summed E-state index contributed by atoms with van der Waals surface area (Å²) in [5.41, 5.74) is 5.35. The van der Waals surface area contributed by atoms with E-state index in [-0.39, 0.29) is 0 Å². The fraction of sp³-hybridized carbons (Fsp3) is 0.714. The number of aliphatic hydroxyl groups is 1. The summed E-state index contributed by atoms with van der Waals surface area (Å²) in [6.07, 6.45) is 1.92. The minimum Gasteiger partial charge on any atom is -0.385 e. The molecule has 1 atom stereocenters. The molecule has 1 rings (SSSR count). The van der Waals surface area contributed by atoms with E-state index in [2.05, 4.69) is 10.2 Å². The second-order valence-corrected chi connectivity index (χ2v) is 2.70. The van der Waals surface area contributed by atoms with Gasteiger partial charge in [-0.2, -0.15) is 0 Å². The summed E-state index contributed by atoms with van der Waals surface area (Å²) in [6.45, 7) is 3.07. The van der Waals surface area contributed by atoms with E-state index in [1.54, 1.807) is 13.3 Å². The van der Waals surface area contributed by atoms with Gasteiger partial charge in [0.2, 0.25) is 0 Å². The van der Waals surface area contributed by atoms with E-state index in [4.69, 9.17) is 5.73 Å². The third kappa shape index (κ3) is 2.02. The first-order valence-corrected chi connectivity index (χ1v) is 4.01. The minimum absolute atomic E-state index is 0.565. The number of aliphatic hydroxyl groups excluding tert-OH is 1. The van der Waals surface area contributed by atoms with Crippen LogP contribution in [-0.2, 0) is 6.54 Å². The predicted octanol–water partition coefficient (Wildman–Crippen LogP) is -0.320. The third-order valence-corrected chi connectivity index (χ3v) is 1.62. The van der Waals surface area contributed by atoms with E-state index in [0.717, 1.165) is 13.0 Å². The van der Waals surface area contributed by atoms with Crippen molar-refractivity contribution >= 4 is 0 Å². The van der Waals surface area contributed by atoms with Gasteiger partial charge in [-0.3, -0.25) is 0 Å². The highest BCUT2D eigenvalue weighted by Gasteiger charge is 2.08. The second-order valence-electron chi connectivity index (χ2n) is 2.70. The van der Waals surface area contributed by atoms with Crippen molar-refractivity contribution in [2.75, 3.05) is 6.54 Å². The van der Waals surface area contributed by atoms with Gasteiger partial charge in [0.1, 0.15) is 12.4 Å². The number of aryl methyl sites for hydroxylation is 1. The molecule has 0 amide bonds. The molecule has 1 aromatic rings. The largest absolute Gasteiger partial charge is 0.385 e. The van der Waals surface area contributed by atoms with Gasteiger partial charge < -0.3 is 15.4 Å². The van der Waals surface area contributed by atoms with Crippen LogP contribution in [0.3, 0.4) is 0 Å². The summed E-state index contributed by atoms with van der Waals surface area (Å²) in [5, 5.41) is 16.7. The highest BCUT2D eigenvalue weighted by molar-refractivity contribution is 4.88. The van der Waals surface area contributed by atoms with Crippen LogP contribution >= 0.6 is 0 Å². The Hall–Kier alpha value is -0.940. The maximum atomic E-state index is 9.24. The minimum atomic E-state index is -0.565. The first-order valence-electron chi connectivity index (χ1n) is 4.01. The van der Waals surface area contributed by atoms with Crippen LogP contribution in [0.25, 0.3) is 0 Å². The van der Waals surface area contributed by atoms with Gasteiger partial charge in [-0.1, -0.05) is 0 Å². The molecule has 1 unspecified atom stereocenters. The Morgan fingerprint density at radius 1 is 1.75 bits per heavy atom. The number of hydrogen-bond donors (Lipinski definition) is 2. The zero-order chi connectivity index (χ0) is 8.97. The Balaban J connectivity index is 2.64. The molecule has 0 saturated heterocycles. The van der Waals surface area contributed by atoms with E-state index in [1.807, 2.05) is 4.57 Å². The van der Waals surface area contributed by atoms with Crippen LogP contribution in [0.1, 0.15) is 25.3 Å². The molecule has 3 N–H and O–H groups in total. The first kappa shape index (κ1) is 9.15. The van der Waals surface area contributed by atoms with Crippen LogP contribution in [0.2, 0.25) is 0 Å². The number of hydrogen-bond acceptors (Lipinski definition) is 4. The standard InChI is InChI=1S/C7H14N4O/c1-6(12)7-10-9-5-11(7)4-2-3-8/h5-6,12H,2-4,8H2,1H3. The lowest BCUT2D eigenvalue weighted by Crippen LogP contribution is -2.09. The molecule has 1 heterocycles. The van der Waals surface area contributed by atoms with Crippen LogP contribution < -0.4 is 5.73 Å². The predicted molar refractivity (Wildman–Crippen MR) is 44.3 cm³/mol. The summed E-state index contributed by atoms with van der Waals surface area (Å²) in [6, 6.07) is 0. The number of nitrogens with two attached hydrogens (primary N) is 1. The summed E-state index contributed by atoms with van der Waals surface area (Å²) in [4.78, 5) is 0. The molecule has 0 radical (unpaired) electrons. The average molecular weight is 170 g/mol. The van der Waals surface area contributed by atoms with Crippen molar-refractivity contribution < 1.29 is 5.11 Å². The van der Waals surface area contributed by atoms with Crippen LogP contribution in [0.15, 0.2) is 6.33 Å². The maximum absolute atomic E-state index is 9.24. The van der Waals surface area contributed by atoms with Crippen LogP contribution in [0.5, 0.6) is 0 Å². The fourth-order valence-electron chi connectivity index (χ4n) is 1.02. The molecule has 0 aliphatic heterocycles. The molecule has 0 aromatic carbocycles. The molecule has 0 aliphatic rings. The molecule has 68 valence electrons. The fourth-order valence-corrected chi connectivity index (χ4v) is 1.02. The van der Waals surface area contributed by atoms with Gasteiger partial charge in [0.15, 0.2) is 5.82 Å². The molecule has 12 heavy (non-hydrogen) atoms. The molecule has 0 spiro atoms. The maximum Gasteiger partial charge on any atom is 0.161 e. The number of nitrogens with zero attached hydrogens (tertiary/aromatic N) is 3. The van der Waals surface area contributed by atoms with Crippen molar-refractivity contribution in [3.63, 3.8) is 0 Å². The van der Waals surface area contributed by atoms with Crippen molar-refractivity contribution in [2.24, 2.45) is 5.73 Å². The summed E-state index contributed by atoms with van der Waals surface area (Å²) in [5.74, 6) is 0.600. The lowest BCUT2D eigenvalue weighted by atomic mass is 10.3. The molecule has 1 aromatic heterocycles. The van der Waals surface area contributed by atoms with Crippen LogP contribution in [0.4, 0.5) is 0 Å². The summed E-state index contributed by atoms with van der Waals surface area (Å²) < 4.78 is 1.82. The molecule has 0 saturated carbocycles. The summed E-state index contributed by atoms with van der Waals surface area (Å²) in [7, 11) is 0. The number of aromatic nitrogens is 3. The lowest BCUT2D eigenvalue weighted by molar-refractivity contribution is 0.183. The topological polar surface area (TPSA) is 77.0 Å². The smallest absolute Gasteiger partial charge is 0.161 e. The highest BCUT2D eigenvalue weighted by Crippen LogP contribution is 2.07. The Kier molecular flexibility index (Phi) is 3.19. The van der Waals surface area contributed by atoms with E-state index >= 15 is 0 Å². The van der Waals surface area contributed by atoms with Gasteiger partial charge in [0, 0.05) is 6.54 Å². The van der Waals surface area contributed by atoms with Crippen molar-refractivity contribution in [2.45, 2.75) is 26.0 Å². The summed E-state index contributed by atoms with van der Waals surface area (Å²) >= 11 is 0. The highest BCUT2D eigenvalue weighted by atomic mass is 16.3. The third-order valence-electron chi connectivity index (χ3n) is 1.62. The average Bonchev–Trinajstić information content (AvgIpc) is 2.48. The molecule has 0 fully saturated rings. The Bertz CT molecular complexity index is 233. The normalized spacial score (nSPS) is 13.2. The zero-order valence-corrected chi connectivity index (χ0v) is 7.14.